The highest BCUT2D eigenvalue weighted by Crippen LogP contribution is 2.39. The third kappa shape index (κ3) is 3.72. The van der Waals surface area contributed by atoms with Crippen LogP contribution in [0.1, 0.15) is 22.0 Å². The van der Waals surface area contributed by atoms with Crippen LogP contribution in [0.3, 0.4) is 0 Å². The lowest BCUT2D eigenvalue weighted by molar-refractivity contribution is -0.118. The van der Waals surface area contributed by atoms with Gasteiger partial charge < -0.3 is 20.1 Å². The van der Waals surface area contributed by atoms with E-state index in [2.05, 4.69) is 10.6 Å². The molecule has 1 amide bonds. The van der Waals surface area contributed by atoms with Crippen molar-refractivity contribution in [1.29, 1.82) is 0 Å². The molecule has 1 fully saturated rings. The molecule has 0 aliphatic carbocycles. The molecule has 1 aromatic carbocycles. The highest BCUT2D eigenvalue weighted by Gasteiger charge is 2.31. The molecule has 9 heteroatoms. The second kappa shape index (κ2) is 7.32. The van der Waals surface area contributed by atoms with Crippen molar-refractivity contribution in [2.75, 3.05) is 45.2 Å². The lowest BCUT2D eigenvalue weighted by atomic mass is 9.98. The van der Waals surface area contributed by atoms with Crippen LogP contribution in [-0.4, -0.2) is 63.1 Å². The van der Waals surface area contributed by atoms with Crippen LogP contribution in [0.15, 0.2) is 12.1 Å². The van der Waals surface area contributed by atoms with E-state index in [-0.39, 0.29) is 36.4 Å². The minimum absolute atomic E-state index is 0.169. The lowest BCUT2D eigenvalue weighted by Gasteiger charge is -2.35. The Morgan fingerprint density at radius 2 is 2.28 bits per heavy atom. The maximum absolute atomic E-state index is 12.7. The van der Waals surface area contributed by atoms with E-state index in [1.54, 1.807) is 17.0 Å². The fraction of sp³-hybridized carbons (Fsp3) is 0.500. The van der Waals surface area contributed by atoms with Crippen molar-refractivity contribution >= 4 is 17.6 Å². The number of halogens is 2. The molecule has 2 heterocycles. The third-order valence-corrected chi connectivity index (χ3v) is 4.24. The van der Waals surface area contributed by atoms with Gasteiger partial charge in [-0.05, 0) is 6.07 Å². The Bertz CT molecular complexity index is 684. The zero-order chi connectivity index (χ0) is 18.0. The van der Waals surface area contributed by atoms with Crippen LogP contribution in [-0.2, 0) is 9.53 Å². The van der Waals surface area contributed by atoms with Gasteiger partial charge in [-0.3, -0.25) is 9.69 Å². The number of hydrogen-bond donors (Lipinski definition) is 2. The summed E-state index contributed by atoms with van der Waals surface area (Å²) < 4.78 is 35.6. The lowest BCUT2D eigenvalue weighted by Crippen LogP contribution is -2.47. The zero-order valence-electron chi connectivity index (χ0n) is 13.7. The Morgan fingerprint density at radius 1 is 1.48 bits per heavy atom. The maximum atomic E-state index is 12.7. The largest absolute Gasteiger partial charge is 0.481 e. The molecule has 1 saturated heterocycles. The van der Waals surface area contributed by atoms with Gasteiger partial charge in [-0.15, -0.1) is 0 Å². The zero-order valence-corrected chi connectivity index (χ0v) is 13.7. The molecule has 0 bridgehead atoms. The van der Waals surface area contributed by atoms with Crippen LogP contribution in [0.5, 0.6) is 5.75 Å². The second-order valence-corrected chi connectivity index (χ2v) is 5.89. The molecule has 1 unspecified atom stereocenters. The summed E-state index contributed by atoms with van der Waals surface area (Å²) in [4.78, 5) is 25.2. The first kappa shape index (κ1) is 17.6. The third-order valence-electron chi connectivity index (χ3n) is 4.24. The highest BCUT2D eigenvalue weighted by atomic mass is 19.3. The van der Waals surface area contributed by atoms with Gasteiger partial charge >= 0.3 is 5.97 Å². The number of esters is 1. The van der Waals surface area contributed by atoms with Gasteiger partial charge in [0.1, 0.15) is 5.75 Å². The normalized spacial score (nSPS) is 20.6. The van der Waals surface area contributed by atoms with Crippen molar-refractivity contribution in [2.24, 2.45) is 0 Å². The Morgan fingerprint density at radius 3 is 3.00 bits per heavy atom. The molecule has 25 heavy (non-hydrogen) atoms. The van der Waals surface area contributed by atoms with E-state index < -0.39 is 12.4 Å². The van der Waals surface area contributed by atoms with Gasteiger partial charge in [0.15, 0.2) is 6.61 Å². The van der Waals surface area contributed by atoms with Crippen molar-refractivity contribution in [1.82, 2.24) is 10.2 Å². The summed E-state index contributed by atoms with van der Waals surface area (Å²) in [6.07, 6.45) is -2.40. The molecule has 7 nitrogen and oxygen atoms in total. The molecule has 2 aliphatic rings. The molecule has 136 valence electrons. The van der Waals surface area contributed by atoms with Crippen molar-refractivity contribution < 1.29 is 27.8 Å². The topological polar surface area (TPSA) is 79.9 Å². The first-order valence-electron chi connectivity index (χ1n) is 7.91. The number of hydrogen-bond acceptors (Lipinski definition) is 6. The molecule has 2 aliphatic heterocycles. The minimum atomic E-state index is -2.40. The predicted octanol–water partition coefficient (Wildman–Crippen LogP) is 1.02. The number of benzene rings is 1. The molecule has 2 N–H and O–H groups in total. The van der Waals surface area contributed by atoms with E-state index in [0.717, 1.165) is 0 Å². The van der Waals surface area contributed by atoms with Crippen LogP contribution in [0.25, 0.3) is 0 Å². The Hall–Kier alpha value is -2.26. The molecule has 0 aromatic heterocycles. The number of carbonyl (C=O) groups is 2. The number of piperazine rings is 1. The SMILES string of the molecule is COC(=O)c1ccc(C2CN(CC(F)F)CCN2)c2c1NC(=O)CO2. The Balaban J connectivity index is 1.93. The predicted molar refractivity (Wildman–Crippen MR) is 85.1 cm³/mol. The number of nitrogens with zero attached hydrogens (tertiary/aromatic N) is 1. The number of alkyl halides is 2. The average molecular weight is 355 g/mol. The molecule has 0 radical (unpaired) electrons. The number of rotatable bonds is 4. The van der Waals surface area contributed by atoms with Crippen LogP contribution < -0.4 is 15.4 Å². The summed E-state index contributed by atoms with van der Waals surface area (Å²) in [5.41, 5.74) is 1.16. The van der Waals surface area contributed by atoms with Crippen LogP contribution in [0.4, 0.5) is 14.5 Å². The average Bonchev–Trinajstić information content (AvgIpc) is 2.59. The summed E-state index contributed by atoms with van der Waals surface area (Å²) >= 11 is 0. The van der Waals surface area contributed by atoms with Gasteiger partial charge in [0.25, 0.3) is 12.3 Å². The first-order valence-corrected chi connectivity index (χ1v) is 7.91. The van der Waals surface area contributed by atoms with Gasteiger partial charge in [-0.2, -0.15) is 0 Å². The number of ether oxygens (including phenoxy) is 2. The molecular formula is C16H19F2N3O4. The van der Waals surface area contributed by atoms with Crippen molar-refractivity contribution in [3.05, 3.63) is 23.3 Å². The molecule has 3 rings (SSSR count). The van der Waals surface area contributed by atoms with E-state index in [9.17, 15) is 18.4 Å². The van der Waals surface area contributed by atoms with Gasteiger partial charge in [0.05, 0.1) is 24.9 Å². The van der Waals surface area contributed by atoms with Crippen LogP contribution >= 0.6 is 0 Å². The second-order valence-electron chi connectivity index (χ2n) is 5.89. The van der Waals surface area contributed by atoms with Gasteiger partial charge in [-0.25, -0.2) is 13.6 Å². The Labute approximate surface area is 143 Å². The number of fused-ring (bicyclic) bond motifs is 1. The van der Waals surface area contributed by atoms with E-state index in [4.69, 9.17) is 9.47 Å². The van der Waals surface area contributed by atoms with E-state index in [0.29, 0.717) is 30.9 Å². The first-order chi connectivity index (χ1) is 12.0. The summed E-state index contributed by atoms with van der Waals surface area (Å²) in [7, 11) is 1.25. The molecule has 1 atom stereocenters. The summed E-state index contributed by atoms with van der Waals surface area (Å²) in [5, 5.41) is 5.91. The smallest absolute Gasteiger partial charge is 0.340 e. The molecule has 0 saturated carbocycles. The number of carbonyl (C=O) groups excluding carboxylic acids is 2. The number of methoxy groups -OCH3 is 1. The molecular weight excluding hydrogens is 336 g/mol. The van der Waals surface area contributed by atoms with E-state index in [1.807, 2.05) is 0 Å². The standard InChI is InChI=1S/C16H19F2N3O4/c1-24-16(23)10-3-2-9(15-14(10)20-13(22)8-25-15)11-6-21(5-4-19-11)7-12(17)18/h2-3,11-12,19H,4-8H2,1H3,(H,20,22). The van der Waals surface area contributed by atoms with Gasteiger partial charge in [-0.1, -0.05) is 6.07 Å². The van der Waals surface area contributed by atoms with Crippen molar-refractivity contribution in [2.45, 2.75) is 12.5 Å². The number of amides is 1. The minimum Gasteiger partial charge on any atom is -0.481 e. The number of nitrogens with one attached hydrogen (secondary N) is 2. The van der Waals surface area contributed by atoms with Crippen molar-refractivity contribution in [3.8, 4) is 5.75 Å². The van der Waals surface area contributed by atoms with Gasteiger partial charge in [0.2, 0.25) is 0 Å². The molecule has 1 aromatic rings. The highest BCUT2D eigenvalue weighted by molar-refractivity contribution is 6.05. The quantitative estimate of drug-likeness (QED) is 0.785. The Kier molecular flexibility index (Phi) is 5.14. The number of anilines is 1. The summed E-state index contributed by atoms with van der Waals surface area (Å²) in [6.45, 7) is 1.00. The summed E-state index contributed by atoms with van der Waals surface area (Å²) in [5.74, 6) is -0.589. The van der Waals surface area contributed by atoms with Crippen molar-refractivity contribution in [3.63, 3.8) is 0 Å². The molecule has 0 spiro atoms. The monoisotopic (exact) mass is 355 g/mol. The maximum Gasteiger partial charge on any atom is 0.340 e. The summed E-state index contributed by atoms with van der Waals surface area (Å²) in [6, 6.07) is 3.00. The fourth-order valence-electron chi connectivity index (χ4n) is 3.13. The van der Waals surface area contributed by atoms with E-state index >= 15 is 0 Å². The fourth-order valence-corrected chi connectivity index (χ4v) is 3.13. The van der Waals surface area contributed by atoms with Crippen LogP contribution in [0, 0.1) is 0 Å². The van der Waals surface area contributed by atoms with Gasteiger partial charge in [0, 0.05) is 31.2 Å². The van der Waals surface area contributed by atoms with E-state index in [1.165, 1.54) is 7.11 Å². The van der Waals surface area contributed by atoms with Crippen LogP contribution in [0.2, 0.25) is 0 Å².